The van der Waals surface area contributed by atoms with Crippen LogP contribution in [0.5, 0.6) is 0 Å². The highest BCUT2D eigenvalue weighted by molar-refractivity contribution is 6.31. The Balaban J connectivity index is 1.42. The van der Waals surface area contributed by atoms with Gasteiger partial charge in [-0.3, -0.25) is 9.38 Å². The largest absolute Gasteiger partial charge is 0.309 e. The van der Waals surface area contributed by atoms with Crippen LogP contribution in [0.3, 0.4) is 0 Å². The van der Waals surface area contributed by atoms with Gasteiger partial charge >= 0.3 is 0 Å². The fourth-order valence-corrected chi connectivity index (χ4v) is 7.94. The molecule has 5 heteroatoms. The number of rotatable bonds is 2. The highest BCUT2D eigenvalue weighted by atomic mass is 15.0. The first kappa shape index (κ1) is 24.8. The predicted octanol–water partition coefficient (Wildman–Crippen LogP) is 10.4. The third-order valence-corrected chi connectivity index (χ3v) is 9.82. The average Bonchev–Trinajstić information content (AvgIpc) is 3.79. The summed E-state index contributed by atoms with van der Waals surface area (Å²) in [6.45, 7) is 0. The zero-order chi connectivity index (χ0) is 30.6. The van der Waals surface area contributed by atoms with E-state index in [-0.39, 0.29) is 0 Å². The maximum absolute atomic E-state index is 5.23. The van der Waals surface area contributed by atoms with Crippen LogP contribution in [-0.4, -0.2) is 23.5 Å². The molecule has 5 nitrogen and oxygen atoms in total. The van der Waals surface area contributed by atoms with E-state index in [0.717, 1.165) is 55.4 Å². The third-order valence-electron chi connectivity index (χ3n) is 9.82. The van der Waals surface area contributed by atoms with Crippen LogP contribution in [0.1, 0.15) is 0 Å². The summed E-state index contributed by atoms with van der Waals surface area (Å²) in [6, 6.07) is 52.0. The lowest BCUT2D eigenvalue weighted by atomic mass is 10.0. The normalized spacial score (nSPS) is 12.3. The van der Waals surface area contributed by atoms with Gasteiger partial charge in [-0.15, -0.1) is 0 Å². The lowest BCUT2D eigenvalue weighted by Crippen LogP contribution is -1.95. The summed E-state index contributed by atoms with van der Waals surface area (Å²) >= 11 is 0. The predicted molar refractivity (Wildman–Crippen MR) is 194 cm³/mol. The highest BCUT2D eigenvalue weighted by Gasteiger charge is 2.23. The third kappa shape index (κ3) is 3.22. The molecule has 0 fully saturated rings. The molecule has 0 radical (unpaired) electrons. The fourth-order valence-electron chi connectivity index (χ4n) is 7.94. The van der Waals surface area contributed by atoms with Gasteiger partial charge in [-0.1, -0.05) is 66.7 Å². The van der Waals surface area contributed by atoms with Crippen molar-refractivity contribution in [3.8, 4) is 11.4 Å². The standard InChI is InChI=1S/C42H25N5/c1-3-12-26(13-4-1)45-33-18-9-7-16-28(33)39-35(45)21-22-36-40(39)31-24-30-29(25-38(31)46(36)27-14-5-2-6-15-27)41-37(20-11-23-43-41)47-34-19-10-8-17-32(34)44-42(30)47/h1-25H. The van der Waals surface area contributed by atoms with Gasteiger partial charge in [-0.05, 0) is 78.9 Å². The topological polar surface area (TPSA) is 40.0 Å². The minimum atomic E-state index is 0.947. The maximum Gasteiger partial charge on any atom is 0.146 e. The van der Waals surface area contributed by atoms with Crippen molar-refractivity contribution in [1.82, 2.24) is 23.5 Å². The van der Waals surface area contributed by atoms with E-state index >= 15 is 0 Å². The second kappa shape index (κ2) is 9.05. The summed E-state index contributed by atoms with van der Waals surface area (Å²) in [5.74, 6) is 0. The van der Waals surface area contributed by atoms with Crippen LogP contribution in [0.15, 0.2) is 152 Å². The number of benzene rings is 6. The van der Waals surface area contributed by atoms with Crippen molar-refractivity contribution < 1.29 is 0 Å². The van der Waals surface area contributed by atoms with Crippen LogP contribution in [0, 0.1) is 0 Å². The minimum absolute atomic E-state index is 0.947. The number of para-hydroxylation sites is 5. The van der Waals surface area contributed by atoms with Gasteiger partial charge in [0.2, 0.25) is 0 Å². The summed E-state index contributed by atoms with van der Waals surface area (Å²) in [6.07, 6.45) is 1.89. The molecule has 5 heterocycles. The molecule has 11 rings (SSSR count). The second-order valence-electron chi connectivity index (χ2n) is 12.3. The van der Waals surface area contributed by atoms with Crippen molar-refractivity contribution in [2.75, 3.05) is 0 Å². The van der Waals surface area contributed by atoms with Gasteiger partial charge in [-0.25, -0.2) is 4.98 Å². The Kier molecular flexibility index (Phi) is 4.78. The van der Waals surface area contributed by atoms with Gasteiger partial charge in [0.05, 0.1) is 44.1 Å². The Morgan fingerprint density at radius 1 is 0.404 bits per heavy atom. The Hall–Kier alpha value is -6.46. The van der Waals surface area contributed by atoms with Gasteiger partial charge in [0.15, 0.2) is 0 Å². The van der Waals surface area contributed by atoms with E-state index in [1.54, 1.807) is 0 Å². The molecule has 0 bridgehead atoms. The number of fused-ring (bicyclic) bond motifs is 15. The minimum Gasteiger partial charge on any atom is -0.309 e. The van der Waals surface area contributed by atoms with Gasteiger partial charge in [0.25, 0.3) is 0 Å². The number of aromatic nitrogens is 5. The molecular weight excluding hydrogens is 574 g/mol. The Morgan fingerprint density at radius 3 is 1.79 bits per heavy atom. The van der Waals surface area contributed by atoms with Crippen LogP contribution < -0.4 is 0 Å². The lowest BCUT2D eigenvalue weighted by molar-refractivity contribution is 1.17. The Morgan fingerprint density at radius 2 is 1.02 bits per heavy atom. The molecule has 0 N–H and O–H groups in total. The first-order chi connectivity index (χ1) is 23.3. The molecule has 0 aliphatic carbocycles. The van der Waals surface area contributed by atoms with Crippen molar-refractivity contribution in [1.29, 1.82) is 0 Å². The molecule has 5 aromatic heterocycles. The van der Waals surface area contributed by atoms with E-state index in [2.05, 4.69) is 153 Å². The van der Waals surface area contributed by atoms with Crippen LogP contribution in [0.25, 0.3) is 93.5 Å². The molecule has 0 atom stereocenters. The monoisotopic (exact) mass is 599 g/mol. The fraction of sp³-hybridized carbons (Fsp3) is 0. The molecule has 47 heavy (non-hydrogen) atoms. The first-order valence-electron chi connectivity index (χ1n) is 15.9. The highest BCUT2D eigenvalue weighted by Crippen LogP contribution is 2.44. The van der Waals surface area contributed by atoms with E-state index in [0.29, 0.717) is 0 Å². The molecule has 0 spiro atoms. The van der Waals surface area contributed by atoms with Crippen molar-refractivity contribution in [2.24, 2.45) is 0 Å². The van der Waals surface area contributed by atoms with Crippen molar-refractivity contribution >= 4 is 82.1 Å². The van der Waals surface area contributed by atoms with Crippen molar-refractivity contribution in [3.63, 3.8) is 0 Å². The SMILES string of the molecule is c1ccc(-n2c3ccccc3c3c4c5cc6c(cc5n(-c5ccccc5)c4ccc32)c2ncccc2n2c3ccccc3nc62)cc1. The quantitative estimate of drug-likeness (QED) is 0.186. The molecule has 6 aromatic carbocycles. The van der Waals surface area contributed by atoms with E-state index in [1.165, 1.54) is 38.1 Å². The van der Waals surface area contributed by atoms with E-state index in [9.17, 15) is 0 Å². The molecule has 11 aromatic rings. The van der Waals surface area contributed by atoms with Crippen LogP contribution in [0.4, 0.5) is 0 Å². The Bertz CT molecular complexity index is 3060. The zero-order valence-electron chi connectivity index (χ0n) is 25.2. The molecule has 0 saturated carbocycles. The summed E-state index contributed by atoms with van der Waals surface area (Å²) in [5, 5.41) is 7.12. The Labute approximate surface area is 268 Å². The number of nitrogens with zero attached hydrogens (tertiary/aromatic N) is 5. The number of hydrogen-bond acceptors (Lipinski definition) is 2. The lowest BCUT2D eigenvalue weighted by Gasteiger charge is -2.11. The molecule has 218 valence electrons. The van der Waals surface area contributed by atoms with E-state index in [1.807, 2.05) is 12.3 Å². The van der Waals surface area contributed by atoms with Gasteiger partial charge in [0.1, 0.15) is 5.65 Å². The molecule has 0 unspecified atom stereocenters. The smallest absolute Gasteiger partial charge is 0.146 e. The van der Waals surface area contributed by atoms with Gasteiger partial charge < -0.3 is 9.13 Å². The summed E-state index contributed by atoms with van der Waals surface area (Å²) in [4.78, 5) is 10.2. The van der Waals surface area contributed by atoms with Crippen molar-refractivity contribution in [3.05, 3.63) is 152 Å². The van der Waals surface area contributed by atoms with Gasteiger partial charge in [-0.2, -0.15) is 0 Å². The number of pyridine rings is 2. The molecule has 0 saturated heterocycles. The van der Waals surface area contributed by atoms with E-state index in [4.69, 9.17) is 9.97 Å². The van der Waals surface area contributed by atoms with Crippen LogP contribution >= 0.6 is 0 Å². The molecular formula is C42H25N5. The van der Waals surface area contributed by atoms with Crippen molar-refractivity contribution in [2.45, 2.75) is 0 Å². The summed E-state index contributed by atoms with van der Waals surface area (Å²) in [7, 11) is 0. The second-order valence-corrected chi connectivity index (χ2v) is 12.3. The van der Waals surface area contributed by atoms with Crippen LogP contribution in [-0.2, 0) is 0 Å². The number of imidazole rings is 1. The summed E-state index contributed by atoms with van der Waals surface area (Å²) < 4.78 is 7.09. The molecule has 0 aliphatic heterocycles. The molecule has 0 amide bonds. The zero-order valence-corrected chi connectivity index (χ0v) is 25.2. The average molecular weight is 600 g/mol. The molecule has 0 aliphatic rings. The maximum atomic E-state index is 5.23. The van der Waals surface area contributed by atoms with Gasteiger partial charge in [0, 0.05) is 49.9 Å². The van der Waals surface area contributed by atoms with E-state index < -0.39 is 0 Å². The first-order valence-corrected chi connectivity index (χ1v) is 15.9. The van der Waals surface area contributed by atoms with Crippen LogP contribution in [0.2, 0.25) is 0 Å². The summed E-state index contributed by atoms with van der Waals surface area (Å²) in [5.41, 5.74) is 12.0. The number of hydrogen-bond donors (Lipinski definition) is 0.